The lowest BCUT2D eigenvalue weighted by Crippen LogP contribution is -2.33. The minimum absolute atomic E-state index is 0.0376. The second-order valence-electron chi connectivity index (χ2n) is 6.78. The van der Waals surface area contributed by atoms with Gasteiger partial charge in [-0.3, -0.25) is 0 Å². The molecule has 0 saturated carbocycles. The molecule has 0 bridgehead atoms. The summed E-state index contributed by atoms with van der Waals surface area (Å²) in [6.07, 6.45) is 0.491. The van der Waals surface area contributed by atoms with Crippen molar-refractivity contribution in [3.8, 4) is 0 Å². The maximum absolute atomic E-state index is 11.8. The molecule has 5 nitrogen and oxygen atoms in total. The molecule has 0 radical (unpaired) electrons. The van der Waals surface area contributed by atoms with Crippen LogP contribution < -0.4 is 0 Å². The highest BCUT2D eigenvalue weighted by Gasteiger charge is 2.43. The average Bonchev–Trinajstić information content (AvgIpc) is 2.76. The number of sulfone groups is 1. The first-order valence-electron chi connectivity index (χ1n) is 6.60. The van der Waals surface area contributed by atoms with E-state index in [4.69, 9.17) is 11.6 Å². The van der Waals surface area contributed by atoms with Crippen molar-refractivity contribution in [2.45, 2.75) is 51.7 Å². The molecule has 1 aliphatic rings. The van der Waals surface area contributed by atoms with Crippen molar-refractivity contribution in [2.75, 3.05) is 11.5 Å². The summed E-state index contributed by atoms with van der Waals surface area (Å²) in [5.41, 5.74) is 0.407. The molecular formula is C13H21ClN2O3S. The van der Waals surface area contributed by atoms with Gasteiger partial charge in [0.05, 0.1) is 29.3 Å². The summed E-state index contributed by atoms with van der Waals surface area (Å²) in [6.45, 7) is 7.62. The number of halogens is 1. The molecule has 1 fully saturated rings. The Morgan fingerprint density at radius 1 is 1.45 bits per heavy atom. The van der Waals surface area contributed by atoms with Crippen molar-refractivity contribution in [3.05, 3.63) is 16.4 Å². The second kappa shape index (κ2) is 4.71. The van der Waals surface area contributed by atoms with E-state index in [-0.39, 0.29) is 23.5 Å². The molecular weight excluding hydrogens is 300 g/mol. The molecule has 0 aromatic carbocycles. The molecule has 1 saturated heterocycles. The first-order chi connectivity index (χ1) is 9.00. The highest BCUT2D eigenvalue weighted by atomic mass is 35.5. The molecule has 1 N–H and O–H groups in total. The lowest BCUT2D eigenvalue weighted by atomic mass is 9.90. The Hall–Kier alpha value is -0.590. The van der Waals surface area contributed by atoms with E-state index in [9.17, 15) is 13.5 Å². The Morgan fingerprint density at radius 2 is 2.05 bits per heavy atom. The number of aromatic nitrogens is 2. The Labute approximate surface area is 124 Å². The van der Waals surface area contributed by atoms with Crippen LogP contribution in [0.15, 0.2) is 0 Å². The number of hydrogen-bond donors (Lipinski definition) is 1. The van der Waals surface area contributed by atoms with E-state index in [2.05, 4.69) is 5.10 Å². The number of aliphatic hydroxyl groups excluding tert-OH is 1. The van der Waals surface area contributed by atoms with Crippen molar-refractivity contribution < 1.29 is 13.5 Å². The monoisotopic (exact) mass is 320 g/mol. The molecule has 0 amide bonds. The number of hydrogen-bond acceptors (Lipinski definition) is 4. The van der Waals surface area contributed by atoms with E-state index in [1.165, 1.54) is 0 Å². The fourth-order valence-corrected chi connectivity index (χ4v) is 5.19. The lowest BCUT2D eigenvalue weighted by Gasteiger charge is -2.24. The Bertz CT molecular complexity index is 631. The topological polar surface area (TPSA) is 72.2 Å². The Morgan fingerprint density at radius 3 is 2.40 bits per heavy atom. The van der Waals surface area contributed by atoms with Gasteiger partial charge in [-0.1, -0.05) is 32.4 Å². The smallest absolute Gasteiger partial charge is 0.152 e. The minimum Gasteiger partial charge on any atom is -0.391 e. The molecule has 114 valence electrons. The van der Waals surface area contributed by atoms with Gasteiger partial charge in [0.1, 0.15) is 5.15 Å². The predicted molar refractivity (Wildman–Crippen MR) is 78.8 cm³/mol. The first kappa shape index (κ1) is 15.8. The molecule has 20 heavy (non-hydrogen) atoms. The molecule has 0 spiro atoms. The van der Waals surface area contributed by atoms with E-state index in [1.54, 1.807) is 4.68 Å². The van der Waals surface area contributed by atoms with E-state index < -0.39 is 15.4 Å². The normalized spacial score (nSPS) is 26.1. The third kappa shape index (κ3) is 2.61. The van der Waals surface area contributed by atoms with Crippen LogP contribution in [0.25, 0.3) is 0 Å². The van der Waals surface area contributed by atoms with Crippen LogP contribution in [0, 0.1) is 0 Å². The molecule has 1 atom stereocenters. The summed E-state index contributed by atoms with van der Waals surface area (Å²) in [4.78, 5) is 0. The van der Waals surface area contributed by atoms with Crippen LogP contribution in [0.3, 0.4) is 0 Å². The largest absolute Gasteiger partial charge is 0.391 e. The van der Waals surface area contributed by atoms with Crippen LogP contribution in [-0.4, -0.2) is 34.8 Å². The summed E-state index contributed by atoms with van der Waals surface area (Å²) >= 11 is 6.34. The molecule has 7 heteroatoms. The number of rotatable bonds is 2. The van der Waals surface area contributed by atoms with E-state index in [1.807, 2.05) is 27.7 Å². The predicted octanol–water partition coefficient (Wildman–Crippen LogP) is 1.86. The third-order valence-corrected chi connectivity index (χ3v) is 6.06. The van der Waals surface area contributed by atoms with Crippen molar-refractivity contribution in [2.24, 2.45) is 0 Å². The fraction of sp³-hybridized carbons (Fsp3) is 0.769. The average molecular weight is 321 g/mol. The van der Waals surface area contributed by atoms with Crippen LogP contribution in [0.2, 0.25) is 5.15 Å². The van der Waals surface area contributed by atoms with Gasteiger partial charge >= 0.3 is 0 Å². The lowest BCUT2D eigenvalue weighted by molar-refractivity contribution is 0.278. The van der Waals surface area contributed by atoms with Crippen LogP contribution in [0.1, 0.15) is 45.4 Å². The zero-order chi connectivity index (χ0) is 15.3. The van der Waals surface area contributed by atoms with Gasteiger partial charge < -0.3 is 5.11 Å². The summed E-state index contributed by atoms with van der Waals surface area (Å²) in [7, 11) is -3.05. The van der Waals surface area contributed by atoms with Gasteiger partial charge in [-0.25, -0.2) is 13.1 Å². The zero-order valence-electron chi connectivity index (χ0n) is 12.3. The van der Waals surface area contributed by atoms with Gasteiger partial charge in [0, 0.05) is 11.0 Å². The molecule has 2 rings (SSSR count). The van der Waals surface area contributed by atoms with Gasteiger partial charge in [0.25, 0.3) is 0 Å². The van der Waals surface area contributed by atoms with E-state index in [0.717, 1.165) is 5.69 Å². The standard InChI is InChI=1S/C13H21ClN2O3S/c1-12(2,3)10-9(7-17)11(14)16(15-10)13(4)5-6-20(18,19)8-13/h17H,5-8H2,1-4H3. The molecule has 1 aromatic rings. The van der Waals surface area contributed by atoms with Gasteiger partial charge in [-0.15, -0.1) is 0 Å². The van der Waals surface area contributed by atoms with Crippen molar-refractivity contribution in [1.29, 1.82) is 0 Å². The van der Waals surface area contributed by atoms with Gasteiger partial charge in [-0.05, 0) is 13.3 Å². The Kier molecular flexibility index (Phi) is 3.72. The van der Waals surface area contributed by atoms with Crippen molar-refractivity contribution in [1.82, 2.24) is 9.78 Å². The Balaban J connectivity index is 2.57. The summed E-state index contributed by atoms with van der Waals surface area (Å²) in [5.74, 6) is 0.189. The SMILES string of the molecule is CC(C)(C)c1nn(C2(C)CCS(=O)(=O)C2)c(Cl)c1CO. The van der Waals surface area contributed by atoms with Crippen LogP contribution in [0.5, 0.6) is 0 Å². The molecule has 2 heterocycles. The minimum atomic E-state index is -3.05. The quantitative estimate of drug-likeness (QED) is 0.902. The first-order valence-corrected chi connectivity index (χ1v) is 8.80. The molecule has 0 aliphatic carbocycles. The molecule has 1 aromatic heterocycles. The summed E-state index contributed by atoms with van der Waals surface area (Å²) in [5, 5.41) is 14.4. The zero-order valence-corrected chi connectivity index (χ0v) is 13.8. The molecule has 1 aliphatic heterocycles. The van der Waals surface area contributed by atoms with E-state index >= 15 is 0 Å². The van der Waals surface area contributed by atoms with Crippen molar-refractivity contribution >= 4 is 21.4 Å². The van der Waals surface area contributed by atoms with Crippen LogP contribution in [0.4, 0.5) is 0 Å². The summed E-state index contributed by atoms with van der Waals surface area (Å²) in [6, 6.07) is 0. The van der Waals surface area contributed by atoms with Crippen LogP contribution in [-0.2, 0) is 27.4 Å². The number of nitrogens with zero attached hydrogens (tertiary/aromatic N) is 2. The second-order valence-corrected chi connectivity index (χ2v) is 9.32. The highest BCUT2D eigenvalue weighted by Crippen LogP contribution is 2.37. The third-order valence-electron chi connectivity index (χ3n) is 3.78. The highest BCUT2D eigenvalue weighted by molar-refractivity contribution is 7.91. The van der Waals surface area contributed by atoms with Gasteiger partial charge in [0.2, 0.25) is 0 Å². The van der Waals surface area contributed by atoms with E-state index in [0.29, 0.717) is 17.1 Å². The van der Waals surface area contributed by atoms with Gasteiger partial charge in [-0.2, -0.15) is 5.10 Å². The fourth-order valence-electron chi connectivity index (χ4n) is 2.69. The number of aliphatic hydroxyl groups is 1. The maximum atomic E-state index is 11.8. The van der Waals surface area contributed by atoms with Crippen LogP contribution >= 0.6 is 11.6 Å². The van der Waals surface area contributed by atoms with Crippen molar-refractivity contribution in [3.63, 3.8) is 0 Å². The molecule has 1 unspecified atom stereocenters. The summed E-state index contributed by atoms with van der Waals surface area (Å²) < 4.78 is 25.1. The van der Waals surface area contributed by atoms with Gasteiger partial charge in [0.15, 0.2) is 9.84 Å². The maximum Gasteiger partial charge on any atom is 0.152 e.